The SMILES string of the molecule is CCNS(=O)(=O)c1cc(F)c(F)c(F)c1N. The van der Waals surface area contributed by atoms with Crippen LogP contribution in [0.2, 0.25) is 0 Å². The van der Waals surface area contributed by atoms with Gasteiger partial charge in [-0.1, -0.05) is 6.92 Å². The minimum Gasteiger partial charge on any atom is -0.395 e. The Morgan fingerprint density at radius 1 is 1.31 bits per heavy atom. The summed E-state index contributed by atoms with van der Waals surface area (Å²) < 4.78 is 63.4. The van der Waals surface area contributed by atoms with Crippen LogP contribution in [0.25, 0.3) is 0 Å². The number of halogens is 3. The van der Waals surface area contributed by atoms with E-state index in [4.69, 9.17) is 5.73 Å². The molecule has 0 saturated carbocycles. The second-order valence-corrected chi connectivity index (χ2v) is 4.63. The van der Waals surface area contributed by atoms with Crippen molar-refractivity contribution in [3.8, 4) is 0 Å². The molecule has 0 atom stereocenters. The normalized spacial score (nSPS) is 11.8. The van der Waals surface area contributed by atoms with E-state index in [1.165, 1.54) is 6.92 Å². The third-order valence-corrected chi connectivity index (χ3v) is 3.37. The Labute approximate surface area is 90.3 Å². The standard InChI is InChI=1S/C8H9F3N2O2S/c1-2-13-16(14,15)5-3-4(9)6(10)7(11)8(5)12/h3,13H,2,12H2,1H3. The number of nitrogens with one attached hydrogen (secondary N) is 1. The molecule has 0 aromatic heterocycles. The zero-order valence-corrected chi connectivity index (χ0v) is 9.04. The summed E-state index contributed by atoms with van der Waals surface area (Å²) in [5.41, 5.74) is 4.12. The number of nitrogen functional groups attached to an aromatic ring is 1. The van der Waals surface area contributed by atoms with Crippen molar-refractivity contribution in [3.63, 3.8) is 0 Å². The molecule has 1 aromatic rings. The van der Waals surface area contributed by atoms with Crippen molar-refractivity contribution < 1.29 is 21.6 Å². The van der Waals surface area contributed by atoms with Crippen molar-refractivity contribution in [2.24, 2.45) is 0 Å². The number of rotatable bonds is 3. The first kappa shape index (κ1) is 12.8. The molecule has 1 aromatic carbocycles. The van der Waals surface area contributed by atoms with Gasteiger partial charge in [-0.3, -0.25) is 0 Å². The molecule has 16 heavy (non-hydrogen) atoms. The maximum Gasteiger partial charge on any atom is 0.242 e. The molecule has 0 unspecified atom stereocenters. The van der Waals surface area contributed by atoms with Crippen molar-refractivity contribution >= 4 is 15.7 Å². The highest BCUT2D eigenvalue weighted by molar-refractivity contribution is 7.89. The third kappa shape index (κ3) is 2.12. The molecule has 0 aliphatic rings. The lowest BCUT2D eigenvalue weighted by atomic mass is 10.3. The van der Waals surface area contributed by atoms with Crippen LogP contribution in [0.3, 0.4) is 0 Å². The lowest BCUT2D eigenvalue weighted by Crippen LogP contribution is -2.25. The van der Waals surface area contributed by atoms with Gasteiger partial charge in [-0.25, -0.2) is 26.3 Å². The van der Waals surface area contributed by atoms with Gasteiger partial charge in [-0.05, 0) is 6.07 Å². The largest absolute Gasteiger partial charge is 0.395 e. The second-order valence-electron chi connectivity index (χ2n) is 2.90. The fourth-order valence-corrected chi connectivity index (χ4v) is 2.25. The van der Waals surface area contributed by atoms with Crippen molar-refractivity contribution in [2.45, 2.75) is 11.8 Å². The molecule has 0 bridgehead atoms. The van der Waals surface area contributed by atoms with E-state index in [2.05, 4.69) is 0 Å². The summed E-state index contributed by atoms with van der Waals surface area (Å²) in [6, 6.07) is 0.339. The summed E-state index contributed by atoms with van der Waals surface area (Å²) >= 11 is 0. The summed E-state index contributed by atoms with van der Waals surface area (Å²) in [4.78, 5) is -0.814. The Balaban J connectivity index is 3.48. The van der Waals surface area contributed by atoms with Crippen molar-refractivity contribution in [1.29, 1.82) is 0 Å². The summed E-state index contributed by atoms with van der Waals surface area (Å²) in [6.07, 6.45) is 0. The lowest BCUT2D eigenvalue weighted by Gasteiger charge is -2.09. The Bertz CT molecular complexity index is 517. The van der Waals surface area contributed by atoms with Gasteiger partial charge in [-0.15, -0.1) is 0 Å². The number of hydrogen-bond donors (Lipinski definition) is 2. The van der Waals surface area contributed by atoms with Gasteiger partial charge in [0.05, 0.1) is 5.69 Å². The van der Waals surface area contributed by atoms with Gasteiger partial charge < -0.3 is 5.73 Å². The molecule has 0 heterocycles. The van der Waals surface area contributed by atoms with Crippen molar-refractivity contribution in [2.75, 3.05) is 12.3 Å². The van der Waals surface area contributed by atoms with Crippen LogP contribution in [-0.4, -0.2) is 15.0 Å². The van der Waals surface area contributed by atoms with E-state index in [1.807, 2.05) is 4.72 Å². The summed E-state index contributed by atoms with van der Waals surface area (Å²) in [5, 5.41) is 0. The highest BCUT2D eigenvalue weighted by Crippen LogP contribution is 2.25. The second kappa shape index (κ2) is 4.30. The fraction of sp³-hybridized carbons (Fsp3) is 0.250. The minimum atomic E-state index is -4.12. The molecule has 0 saturated heterocycles. The van der Waals surface area contributed by atoms with Crippen molar-refractivity contribution in [1.82, 2.24) is 4.72 Å². The van der Waals surface area contributed by atoms with Gasteiger partial charge in [0, 0.05) is 6.54 Å². The van der Waals surface area contributed by atoms with Crippen LogP contribution in [0.15, 0.2) is 11.0 Å². The Hall–Kier alpha value is -1.28. The maximum absolute atomic E-state index is 13.0. The van der Waals surface area contributed by atoms with E-state index < -0.39 is 38.1 Å². The van der Waals surface area contributed by atoms with E-state index in [-0.39, 0.29) is 6.54 Å². The minimum absolute atomic E-state index is 0.0163. The van der Waals surface area contributed by atoms with Crippen LogP contribution >= 0.6 is 0 Å². The van der Waals surface area contributed by atoms with Gasteiger partial charge in [0.25, 0.3) is 0 Å². The van der Waals surface area contributed by atoms with E-state index in [9.17, 15) is 21.6 Å². The molecule has 0 fully saturated rings. The predicted octanol–water partition coefficient (Wildman–Crippen LogP) is 0.984. The highest BCUT2D eigenvalue weighted by Gasteiger charge is 2.24. The average Bonchev–Trinajstić information content (AvgIpc) is 2.20. The van der Waals surface area contributed by atoms with Crippen LogP contribution in [-0.2, 0) is 10.0 Å². The van der Waals surface area contributed by atoms with Gasteiger partial charge in [0.1, 0.15) is 4.90 Å². The molecular formula is C8H9F3N2O2S. The molecule has 0 aliphatic carbocycles. The number of sulfonamides is 1. The number of anilines is 1. The van der Waals surface area contributed by atoms with E-state index in [0.717, 1.165) is 0 Å². The van der Waals surface area contributed by atoms with Gasteiger partial charge in [-0.2, -0.15) is 0 Å². The summed E-state index contributed by atoms with van der Waals surface area (Å²) in [5.74, 6) is -5.12. The Morgan fingerprint density at radius 2 is 1.88 bits per heavy atom. The zero-order valence-electron chi connectivity index (χ0n) is 8.22. The molecule has 4 nitrogen and oxygen atoms in total. The molecule has 1 rings (SSSR count). The smallest absolute Gasteiger partial charge is 0.242 e. The fourth-order valence-electron chi connectivity index (χ4n) is 1.08. The molecular weight excluding hydrogens is 245 g/mol. The molecule has 0 aliphatic heterocycles. The highest BCUT2D eigenvalue weighted by atomic mass is 32.2. The first-order valence-electron chi connectivity index (χ1n) is 4.24. The van der Waals surface area contributed by atoms with Crippen molar-refractivity contribution in [3.05, 3.63) is 23.5 Å². The molecule has 0 radical (unpaired) electrons. The van der Waals surface area contributed by atoms with Gasteiger partial charge in [0.15, 0.2) is 17.5 Å². The third-order valence-electron chi connectivity index (χ3n) is 1.79. The topological polar surface area (TPSA) is 72.2 Å². The lowest BCUT2D eigenvalue weighted by molar-refractivity contribution is 0.445. The number of nitrogens with two attached hydrogens (primary N) is 1. The molecule has 90 valence electrons. The summed E-state index contributed by atoms with van der Waals surface area (Å²) in [7, 11) is -4.12. The quantitative estimate of drug-likeness (QED) is 0.624. The molecule has 3 N–H and O–H groups in total. The number of hydrogen-bond acceptors (Lipinski definition) is 3. The van der Waals surface area contributed by atoms with Gasteiger partial charge >= 0.3 is 0 Å². The zero-order chi connectivity index (χ0) is 12.5. The van der Waals surface area contributed by atoms with Crippen LogP contribution in [0.5, 0.6) is 0 Å². The van der Waals surface area contributed by atoms with E-state index in [0.29, 0.717) is 6.07 Å². The summed E-state index contributed by atoms with van der Waals surface area (Å²) in [6.45, 7) is 1.49. The maximum atomic E-state index is 13.0. The Kier molecular flexibility index (Phi) is 3.44. The Morgan fingerprint density at radius 3 is 2.38 bits per heavy atom. The molecule has 0 amide bonds. The van der Waals surface area contributed by atoms with E-state index in [1.54, 1.807) is 0 Å². The van der Waals surface area contributed by atoms with Gasteiger partial charge in [0.2, 0.25) is 10.0 Å². The monoisotopic (exact) mass is 254 g/mol. The number of benzene rings is 1. The van der Waals surface area contributed by atoms with Crippen LogP contribution in [0, 0.1) is 17.5 Å². The first-order chi connectivity index (χ1) is 7.31. The molecule has 8 heteroatoms. The first-order valence-corrected chi connectivity index (χ1v) is 5.72. The van der Waals surface area contributed by atoms with Crippen LogP contribution in [0.1, 0.15) is 6.92 Å². The van der Waals surface area contributed by atoms with Crippen LogP contribution in [0.4, 0.5) is 18.9 Å². The molecule has 0 spiro atoms. The van der Waals surface area contributed by atoms with E-state index >= 15 is 0 Å². The average molecular weight is 254 g/mol. The van der Waals surface area contributed by atoms with Crippen LogP contribution < -0.4 is 10.5 Å². The predicted molar refractivity (Wildman–Crippen MR) is 51.6 cm³/mol.